The number of hydrogen-bond acceptors (Lipinski definition) is 2. The second-order valence-corrected chi connectivity index (χ2v) is 3.77. The average molecular weight is 218 g/mol. The molecule has 0 spiro atoms. The minimum atomic E-state index is -0.255. The molecule has 0 aliphatic carbocycles. The van der Waals surface area contributed by atoms with Crippen LogP contribution in [0.25, 0.3) is 0 Å². The highest BCUT2D eigenvalue weighted by Gasteiger charge is 2.09. The third-order valence-corrected chi connectivity index (χ3v) is 2.63. The quantitative estimate of drug-likeness (QED) is 0.572. The number of methoxy groups -OCH3 is 1. The van der Waals surface area contributed by atoms with E-state index in [9.17, 15) is 4.79 Å². The van der Waals surface area contributed by atoms with Crippen LogP contribution in [0.4, 0.5) is 0 Å². The Balaban J connectivity index is 2.88. The van der Waals surface area contributed by atoms with Gasteiger partial charge in [0.25, 0.3) is 0 Å². The van der Waals surface area contributed by atoms with Crippen molar-refractivity contribution in [1.82, 2.24) is 0 Å². The summed E-state index contributed by atoms with van der Waals surface area (Å²) in [7, 11) is 1.41. The average Bonchev–Trinajstić information content (AvgIpc) is 2.35. The molecule has 86 valence electrons. The summed E-state index contributed by atoms with van der Waals surface area (Å²) in [5, 5.41) is 0. The molecule has 2 nitrogen and oxygen atoms in total. The first-order chi connectivity index (χ1) is 7.69. The van der Waals surface area contributed by atoms with E-state index in [1.54, 1.807) is 6.92 Å². The van der Waals surface area contributed by atoms with Gasteiger partial charge < -0.3 is 4.74 Å². The maximum Gasteiger partial charge on any atom is 0.333 e. The third-order valence-electron chi connectivity index (χ3n) is 2.63. The van der Waals surface area contributed by atoms with Crippen LogP contribution in [0.15, 0.2) is 42.0 Å². The van der Waals surface area contributed by atoms with Crippen molar-refractivity contribution in [2.45, 2.75) is 26.2 Å². The molecule has 0 aliphatic rings. The predicted octanol–water partition coefficient (Wildman–Crippen LogP) is 3.30. The summed E-state index contributed by atoms with van der Waals surface area (Å²) in [4.78, 5) is 11.3. The second kappa shape index (κ2) is 6.11. The van der Waals surface area contributed by atoms with Gasteiger partial charge in [0.15, 0.2) is 0 Å². The van der Waals surface area contributed by atoms with Crippen LogP contribution in [0.3, 0.4) is 0 Å². The smallest absolute Gasteiger partial charge is 0.333 e. The number of benzene rings is 1. The van der Waals surface area contributed by atoms with E-state index in [1.165, 1.54) is 12.7 Å². The maximum atomic E-state index is 11.3. The minimum Gasteiger partial charge on any atom is -0.466 e. The van der Waals surface area contributed by atoms with Gasteiger partial charge in [0.05, 0.1) is 7.11 Å². The van der Waals surface area contributed by atoms with Gasteiger partial charge in [-0.25, -0.2) is 4.79 Å². The molecule has 1 atom stereocenters. The number of carbonyl (C=O) groups excluding carboxylic acids is 1. The largest absolute Gasteiger partial charge is 0.466 e. The summed E-state index contributed by atoms with van der Waals surface area (Å²) in [6, 6.07) is 10.2. The molecule has 1 rings (SSSR count). The first-order valence-corrected chi connectivity index (χ1v) is 5.50. The van der Waals surface area contributed by atoms with Crippen LogP contribution >= 0.6 is 0 Å². The molecule has 0 fully saturated rings. The van der Waals surface area contributed by atoms with Gasteiger partial charge in [0.1, 0.15) is 0 Å². The minimum absolute atomic E-state index is 0.255. The Morgan fingerprint density at radius 3 is 2.50 bits per heavy atom. The Labute approximate surface area is 96.9 Å². The van der Waals surface area contributed by atoms with E-state index in [0.717, 1.165) is 6.42 Å². The molecule has 2 heteroatoms. The lowest BCUT2D eigenvalue weighted by Crippen LogP contribution is -2.04. The number of esters is 1. The van der Waals surface area contributed by atoms with Crippen molar-refractivity contribution in [2.75, 3.05) is 7.11 Å². The Morgan fingerprint density at radius 1 is 1.38 bits per heavy atom. The van der Waals surface area contributed by atoms with E-state index < -0.39 is 0 Å². The van der Waals surface area contributed by atoms with E-state index in [4.69, 9.17) is 0 Å². The van der Waals surface area contributed by atoms with Crippen LogP contribution in [0.2, 0.25) is 0 Å². The Hall–Kier alpha value is -1.57. The second-order valence-electron chi connectivity index (χ2n) is 3.77. The van der Waals surface area contributed by atoms with E-state index in [2.05, 4.69) is 23.8 Å². The lowest BCUT2D eigenvalue weighted by atomic mass is 9.94. The topological polar surface area (TPSA) is 26.3 Å². The summed E-state index contributed by atoms with van der Waals surface area (Å²) < 4.78 is 4.69. The van der Waals surface area contributed by atoms with Gasteiger partial charge in [-0.3, -0.25) is 0 Å². The third kappa shape index (κ3) is 3.23. The number of allylic oxidation sites excluding steroid dienone is 1. The fourth-order valence-electron chi connectivity index (χ4n) is 1.68. The summed E-state index contributed by atoms with van der Waals surface area (Å²) in [5.41, 5.74) is 1.89. The Morgan fingerprint density at radius 2 is 2.00 bits per heavy atom. The zero-order valence-electron chi connectivity index (χ0n) is 10.1. The fraction of sp³-hybridized carbons (Fsp3) is 0.357. The lowest BCUT2D eigenvalue weighted by Gasteiger charge is -2.11. The highest BCUT2D eigenvalue weighted by Crippen LogP contribution is 2.22. The van der Waals surface area contributed by atoms with E-state index in [-0.39, 0.29) is 11.9 Å². The van der Waals surface area contributed by atoms with E-state index in [0.29, 0.717) is 5.57 Å². The molecule has 0 heterocycles. The van der Waals surface area contributed by atoms with Crippen LogP contribution in [0.5, 0.6) is 0 Å². The van der Waals surface area contributed by atoms with Gasteiger partial charge in [0, 0.05) is 11.5 Å². The summed E-state index contributed by atoms with van der Waals surface area (Å²) in [6.45, 7) is 3.90. The first-order valence-electron chi connectivity index (χ1n) is 5.50. The van der Waals surface area contributed by atoms with Crippen molar-refractivity contribution in [3.8, 4) is 0 Å². The van der Waals surface area contributed by atoms with Gasteiger partial charge >= 0.3 is 5.97 Å². The molecule has 0 bridgehead atoms. The summed E-state index contributed by atoms with van der Waals surface area (Å²) >= 11 is 0. The molecule has 1 unspecified atom stereocenters. The predicted molar refractivity (Wildman–Crippen MR) is 65.2 cm³/mol. The Kier molecular flexibility index (Phi) is 4.77. The molecule has 0 aromatic heterocycles. The summed E-state index contributed by atoms with van der Waals surface area (Å²) in [5.74, 6) is 0.0229. The van der Waals surface area contributed by atoms with Crippen molar-refractivity contribution in [3.05, 3.63) is 47.5 Å². The van der Waals surface area contributed by atoms with Crippen LogP contribution < -0.4 is 0 Å². The number of carbonyl (C=O) groups is 1. The molecule has 1 aromatic rings. The standard InChI is InChI=1S/C14H18O2/c1-4-12(10-11(2)14(15)16-3)13-8-6-5-7-9-13/h5-10,12H,4H2,1-3H3. The van der Waals surface area contributed by atoms with Crippen LogP contribution in [-0.4, -0.2) is 13.1 Å². The van der Waals surface area contributed by atoms with Crippen molar-refractivity contribution < 1.29 is 9.53 Å². The zero-order valence-corrected chi connectivity index (χ0v) is 10.1. The molecule has 1 aromatic carbocycles. The molecular weight excluding hydrogens is 200 g/mol. The zero-order chi connectivity index (χ0) is 12.0. The normalized spacial score (nSPS) is 13.3. The van der Waals surface area contributed by atoms with Crippen molar-refractivity contribution in [2.24, 2.45) is 0 Å². The monoisotopic (exact) mass is 218 g/mol. The van der Waals surface area contributed by atoms with Crippen LogP contribution in [-0.2, 0) is 9.53 Å². The van der Waals surface area contributed by atoms with E-state index >= 15 is 0 Å². The first kappa shape index (κ1) is 12.5. The molecule has 0 radical (unpaired) electrons. The van der Waals surface area contributed by atoms with Gasteiger partial charge in [-0.2, -0.15) is 0 Å². The lowest BCUT2D eigenvalue weighted by molar-refractivity contribution is -0.136. The van der Waals surface area contributed by atoms with Gasteiger partial charge in [-0.05, 0) is 18.9 Å². The fourth-order valence-corrected chi connectivity index (χ4v) is 1.68. The molecular formula is C14H18O2. The SMILES string of the molecule is CCC(C=C(C)C(=O)OC)c1ccccc1. The van der Waals surface area contributed by atoms with Gasteiger partial charge in [0.2, 0.25) is 0 Å². The molecule has 16 heavy (non-hydrogen) atoms. The van der Waals surface area contributed by atoms with Crippen LogP contribution in [0, 0.1) is 0 Å². The van der Waals surface area contributed by atoms with E-state index in [1.807, 2.05) is 24.3 Å². The highest BCUT2D eigenvalue weighted by atomic mass is 16.5. The molecule has 0 amide bonds. The van der Waals surface area contributed by atoms with Crippen LogP contribution in [0.1, 0.15) is 31.7 Å². The Bertz CT molecular complexity index is 366. The summed E-state index contributed by atoms with van der Waals surface area (Å²) in [6.07, 6.45) is 2.94. The van der Waals surface area contributed by atoms with Crippen molar-refractivity contribution >= 4 is 5.97 Å². The molecule has 0 saturated carbocycles. The molecule has 0 aliphatic heterocycles. The number of rotatable bonds is 4. The van der Waals surface area contributed by atoms with Gasteiger partial charge in [-0.15, -0.1) is 0 Å². The molecule has 0 N–H and O–H groups in total. The number of hydrogen-bond donors (Lipinski definition) is 0. The van der Waals surface area contributed by atoms with Crippen molar-refractivity contribution in [1.29, 1.82) is 0 Å². The molecule has 0 saturated heterocycles. The maximum absolute atomic E-state index is 11.3. The van der Waals surface area contributed by atoms with Gasteiger partial charge in [-0.1, -0.05) is 43.3 Å². The van der Waals surface area contributed by atoms with Crippen molar-refractivity contribution in [3.63, 3.8) is 0 Å². The highest BCUT2D eigenvalue weighted by molar-refractivity contribution is 5.87. The number of ether oxygens (including phenoxy) is 1.